The molecule has 20 heavy (non-hydrogen) atoms. The van der Waals surface area contributed by atoms with Gasteiger partial charge in [0.25, 0.3) is 0 Å². The molecule has 1 saturated heterocycles. The van der Waals surface area contributed by atoms with Crippen molar-refractivity contribution in [2.75, 3.05) is 0 Å². The minimum atomic E-state index is -0.00426. The summed E-state index contributed by atoms with van der Waals surface area (Å²) in [6, 6.07) is 8.16. The molecule has 1 aromatic carbocycles. The van der Waals surface area contributed by atoms with Crippen molar-refractivity contribution >= 4 is 17.5 Å². The highest BCUT2D eigenvalue weighted by Crippen LogP contribution is 2.33. The Hall–Kier alpha value is -1.06. The predicted octanol–water partition coefficient (Wildman–Crippen LogP) is 2.88. The number of hydrogen-bond donors (Lipinski definition) is 2. The van der Waals surface area contributed by atoms with E-state index >= 15 is 0 Å². The molecular formula is C16H21ClN2O. The van der Waals surface area contributed by atoms with Crippen molar-refractivity contribution in [3.05, 3.63) is 34.9 Å². The van der Waals surface area contributed by atoms with Gasteiger partial charge >= 0.3 is 0 Å². The van der Waals surface area contributed by atoms with E-state index in [1.807, 2.05) is 24.3 Å². The molecule has 0 aromatic heterocycles. The van der Waals surface area contributed by atoms with E-state index in [9.17, 15) is 4.79 Å². The van der Waals surface area contributed by atoms with Crippen LogP contribution < -0.4 is 10.6 Å². The van der Waals surface area contributed by atoms with Crippen LogP contribution in [0.3, 0.4) is 0 Å². The van der Waals surface area contributed by atoms with Gasteiger partial charge in [0.05, 0.1) is 6.04 Å². The average molecular weight is 293 g/mol. The second-order valence-electron chi connectivity index (χ2n) is 5.95. The van der Waals surface area contributed by atoms with Crippen molar-refractivity contribution < 1.29 is 4.79 Å². The summed E-state index contributed by atoms with van der Waals surface area (Å²) in [5.41, 5.74) is 1.08. The Morgan fingerprint density at radius 2 is 2.00 bits per heavy atom. The molecule has 3 nitrogen and oxygen atoms in total. The van der Waals surface area contributed by atoms with Crippen molar-refractivity contribution in [2.24, 2.45) is 5.92 Å². The Bertz CT molecular complexity index is 460. The average Bonchev–Trinajstić information content (AvgIpc) is 2.90. The minimum Gasteiger partial charge on any atom is -0.351 e. The summed E-state index contributed by atoms with van der Waals surface area (Å²) in [7, 11) is 0. The standard InChI is InChI=1S/C16H21ClN2O/c17-13-7-5-11(6-8-13)10-18-16(20)15-9-12-3-1-2-4-14(12)19-15/h5-8,12,14-15,19H,1-4,9-10H2,(H,18,20). The molecule has 3 atom stereocenters. The molecule has 1 saturated carbocycles. The van der Waals surface area contributed by atoms with Crippen LogP contribution in [0, 0.1) is 5.92 Å². The van der Waals surface area contributed by atoms with Gasteiger partial charge < -0.3 is 10.6 Å². The number of fused-ring (bicyclic) bond motifs is 1. The van der Waals surface area contributed by atoms with Crippen LogP contribution in [-0.4, -0.2) is 18.0 Å². The second-order valence-corrected chi connectivity index (χ2v) is 6.39. The van der Waals surface area contributed by atoms with Crippen LogP contribution in [-0.2, 0) is 11.3 Å². The number of carbonyl (C=O) groups excluding carboxylic acids is 1. The highest BCUT2D eigenvalue weighted by Gasteiger charge is 2.37. The number of hydrogen-bond acceptors (Lipinski definition) is 2. The third kappa shape index (κ3) is 3.15. The van der Waals surface area contributed by atoms with E-state index < -0.39 is 0 Å². The zero-order chi connectivity index (χ0) is 13.9. The number of halogens is 1. The molecule has 2 fully saturated rings. The van der Waals surface area contributed by atoms with E-state index in [-0.39, 0.29) is 11.9 Å². The van der Waals surface area contributed by atoms with E-state index in [1.165, 1.54) is 25.7 Å². The lowest BCUT2D eigenvalue weighted by atomic mass is 9.85. The van der Waals surface area contributed by atoms with Gasteiger partial charge in [0, 0.05) is 17.6 Å². The molecule has 0 spiro atoms. The van der Waals surface area contributed by atoms with E-state index in [4.69, 9.17) is 11.6 Å². The third-order valence-corrected chi connectivity index (χ3v) is 4.81. The van der Waals surface area contributed by atoms with Crippen LogP contribution >= 0.6 is 11.6 Å². The first-order valence-corrected chi connectivity index (χ1v) is 7.88. The van der Waals surface area contributed by atoms with E-state index in [2.05, 4.69) is 10.6 Å². The molecule has 3 rings (SSSR count). The first-order valence-electron chi connectivity index (χ1n) is 7.50. The maximum Gasteiger partial charge on any atom is 0.237 e. The fraction of sp³-hybridized carbons (Fsp3) is 0.562. The van der Waals surface area contributed by atoms with Crippen LogP contribution in [0.2, 0.25) is 5.02 Å². The molecule has 1 aliphatic heterocycles. The van der Waals surface area contributed by atoms with Crippen LogP contribution in [0.15, 0.2) is 24.3 Å². The van der Waals surface area contributed by atoms with E-state index in [1.54, 1.807) is 0 Å². The van der Waals surface area contributed by atoms with Gasteiger partial charge in [-0.3, -0.25) is 4.79 Å². The van der Waals surface area contributed by atoms with Gasteiger partial charge in [-0.25, -0.2) is 0 Å². The van der Waals surface area contributed by atoms with Crippen molar-refractivity contribution in [3.8, 4) is 0 Å². The van der Waals surface area contributed by atoms with Gasteiger partial charge in [-0.15, -0.1) is 0 Å². The molecule has 1 heterocycles. The Kier molecular flexibility index (Phi) is 4.27. The Balaban J connectivity index is 1.51. The summed E-state index contributed by atoms with van der Waals surface area (Å²) < 4.78 is 0. The summed E-state index contributed by atoms with van der Waals surface area (Å²) in [6.07, 6.45) is 6.12. The largest absolute Gasteiger partial charge is 0.351 e. The Labute approximate surface area is 125 Å². The summed E-state index contributed by atoms with van der Waals surface area (Å²) in [5.74, 6) is 0.837. The number of rotatable bonds is 3. The molecule has 4 heteroatoms. The first-order chi connectivity index (χ1) is 9.72. The van der Waals surface area contributed by atoms with Crippen LogP contribution in [0.4, 0.5) is 0 Å². The van der Waals surface area contributed by atoms with Crippen LogP contribution in [0.1, 0.15) is 37.7 Å². The SMILES string of the molecule is O=C(NCc1ccc(Cl)cc1)C1CC2CCCCC2N1. The summed E-state index contributed by atoms with van der Waals surface area (Å²) >= 11 is 5.85. The highest BCUT2D eigenvalue weighted by molar-refractivity contribution is 6.30. The van der Waals surface area contributed by atoms with Crippen molar-refractivity contribution in [2.45, 2.75) is 50.7 Å². The zero-order valence-electron chi connectivity index (χ0n) is 11.6. The number of benzene rings is 1. The van der Waals surface area contributed by atoms with Crippen molar-refractivity contribution in [3.63, 3.8) is 0 Å². The molecule has 1 amide bonds. The van der Waals surface area contributed by atoms with Gasteiger partial charge in [0.1, 0.15) is 0 Å². The number of carbonyl (C=O) groups is 1. The zero-order valence-corrected chi connectivity index (χ0v) is 12.3. The minimum absolute atomic E-state index is 0.00426. The topological polar surface area (TPSA) is 41.1 Å². The molecule has 108 valence electrons. The number of nitrogens with one attached hydrogen (secondary N) is 2. The first kappa shape index (κ1) is 13.9. The normalized spacial score (nSPS) is 28.9. The second kappa shape index (κ2) is 6.15. The molecule has 1 aromatic rings. The predicted molar refractivity (Wildman–Crippen MR) is 80.6 cm³/mol. The molecular weight excluding hydrogens is 272 g/mol. The third-order valence-electron chi connectivity index (χ3n) is 4.56. The molecule has 3 unspecified atom stereocenters. The van der Waals surface area contributed by atoms with Crippen LogP contribution in [0.25, 0.3) is 0 Å². The molecule has 1 aliphatic carbocycles. The van der Waals surface area contributed by atoms with Crippen LogP contribution in [0.5, 0.6) is 0 Å². The molecule has 0 radical (unpaired) electrons. The molecule has 0 bridgehead atoms. The lowest BCUT2D eigenvalue weighted by molar-refractivity contribution is -0.123. The summed E-state index contributed by atoms with van der Waals surface area (Å²) in [4.78, 5) is 12.2. The molecule has 2 N–H and O–H groups in total. The fourth-order valence-electron chi connectivity index (χ4n) is 3.44. The van der Waals surface area contributed by atoms with Gasteiger partial charge in [-0.05, 0) is 42.9 Å². The Morgan fingerprint density at radius 3 is 2.75 bits per heavy atom. The summed E-state index contributed by atoms with van der Waals surface area (Å²) in [5, 5.41) is 7.25. The highest BCUT2D eigenvalue weighted by atomic mass is 35.5. The lowest BCUT2D eigenvalue weighted by Gasteiger charge is -2.24. The molecule has 2 aliphatic rings. The van der Waals surface area contributed by atoms with Gasteiger partial charge in [-0.1, -0.05) is 36.6 Å². The van der Waals surface area contributed by atoms with Gasteiger partial charge in [0.15, 0.2) is 0 Å². The van der Waals surface area contributed by atoms with Gasteiger partial charge in [-0.2, -0.15) is 0 Å². The summed E-state index contributed by atoms with van der Waals surface area (Å²) in [6.45, 7) is 0.573. The van der Waals surface area contributed by atoms with E-state index in [0.717, 1.165) is 17.0 Å². The Morgan fingerprint density at radius 1 is 1.25 bits per heavy atom. The van der Waals surface area contributed by atoms with E-state index in [0.29, 0.717) is 18.5 Å². The smallest absolute Gasteiger partial charge is 0.237 e. The quantitative estimate of drug-likeness (QED) is 0.899. The fourth-order valence-corrected chi connectivity index (χ4v) is 3.56. The maximum atomic E-state index is 12.2. The van der Waals surface area contributed by atoms with Crippen molar-refractivity contribution in [1.29, 1.82) is 0 Å². The lowest BCUT2D eigenvalue weighted by Crippen LogP contribution is -2.42. The van der Waals surface area contributed by atoms with Crippen molar-refractivity contribution in [1.82, 2.24) is 10.6 Å². The maximum absolute atomic E-state index is 12.2. The monoisotopic (exact) mass is 292 g/mol. The van der Waals surface area contributed by atoms with Gasteiger partial charge in [0.2, 0.25) is 5.91 Å². The number of amides is 1.